The molecule has 1 saturated heterocycles. The Hall–Kier alpha value is -4.25. The summed E-state index contributed by atoms with van der Waals surface area (Å²) >= 11 is 3.41. The van der Waals surface area contributed by atoms with Crippen LogP contribution in [0.1, 0.15) is 24.1 Å². The predicted octanol–water partition coefficient (Wildman–Crippen LogP) is 5.02. The average molecular weight is 611 g/mol. The van der Waals surface area contributed by atoms with Gasteiger partial charge < -0.3 is 20.3 Å². The Kier molecular flexibility index (Phi) is 7.83. The number of halogens is 3. The summed E-state index contributed by atoms with van der Waals surface area (Å²) in [7, 11) is 0. The molecule has 0 saturated carbocycles. The first kappa shape index (κ1) is 27.3. The van der Waals surface area contributed by atoms with Crippen molar-refractivity contribution in [1.82, 2.24) is 20.4 Å². The monoisotopic (exact) mass is 610 g/mol. The van der Waals surface area contributed by atoms with Crippen molar-refractivity contribution in [3.8, 4) is 11.5 Å². The lowest BCUT2D eigenvalue weighted by molar-refractivity contribution is -0.135. The molecule has 1 atom stereocenters. The number of carbonyl (C=O) groups is 3. The molecule has 0 radical (unpaired) electrons. The van der Waals surface area contributed by atoms with Crippen LogP contribution in [0, 0.1) is 11.6 Å². The molecular formula is C29H25BrF2N4O4. The van der Waals surface area contributed by atoms with Crippen molar-refractivity contribution >= 4 is 33.8 Å². The Morgan fingerprint density at radius 2 is 1.82 bits per heavy atom. The molecule has 11 heteroatoms. The highest BCUT2D eigenvalue weighted by Gasteiger charge is 2.38. The highest BCUT2D eigenvalue weighted by atomic mass is 79.9. The number of nitrogens with one attached hydrogen (secondary N) is 2. The minimum Gasteiger partial charge on any atom is -0.457 e. The number of benzene rings is 3. The predicted molar refractivity (Wildman–Crippen MR) is 146 cm³/mol. The Labute approximate surface area is 237 Å². The van der Waals surface area contributed by atoms with E-state index in [0.29, 0.717) is 35.8 Å². The average Bonchev–Trinajstić information content (AvgIpc) is 2.92. The Morgan fingerprint density at radius 1 is 1.05 bits per heavy atom. The van der Waals surface area contributed by atoms with Crippen LogP contribution in [0.25, 0.3) is 0 Å². The molecule has 2 heterocycles. The van der Waals surface area contributed by atoms with Gasteiger partial charge in [-0.2, -0.15) is 0 Å². The molecule has 5 rings (SSSR count). The summed E-state index contributed by atoms with van der Waals surface area (Å²) in [5.41, 5.74) is 1.26. The van der Waals surface area contributed by atoms with Crippen LogP contribution in [-0.2, 0) is 16.1 Å². The lowest BCUT2D eigenvalue weighted by Crippen LogP contribution is -2.54. The van der Waals surface area contributed by atoms with Gasteiger partial charge in [0.1, 0.15) is 23.1 Å². The zero-order valence-corrected chi connectivity index (χ0v) is 23.0. The SMILES string of the molecule is CC1=C(C(=O)N2CCNC(=O)C2)C(c2ccc(Oc3cccc(Br)c3)cc2)NC(=O)N1Cc1ccc(F)cc1F. The molecule has 0 spiro atoms. The maximum Gasteiger partial charge on any atom is 0.322 e. The molecule has 8 nitrogen and oxygen atoms in total. The van der Waals surface area contributed by atoms with Crippen LogP contribution < -0.4 is 15.4 Å². The van der Waals surface area contributed by atoms with Crippen molar-refractivity contribution < 1.29 is 27.9 Å². The number of urea groups is 1. The van der Waals surface area contributed by atoms with E-state index in [2.05, 4.69) is 26.6 Å². The summed E-state index contributed by atoms with van der Waals surface area (Å²) in [5, 5.41) is 5.55. The van der Waals surface area contributed by atoms with Crippen LogP contribution in [0.4, 0.5) is 13.6 Å². The topological polar surface area (TPSA) is 91.0 Å². The summed E-state index contributed by atoms with van der Waals surface area (Å²) in [4.78, 5) is 41.8. The van der Waals surface area contributed by atoms with Gasteiger partial charge in [-0.1, -0.05) is 40.2 Å². The second kappa shape index (κ2) is 11.5. The van der Waals surface area contributed by atoms with E-state index in [0.717, 1.165) is 16.6 Å². The molecule has 0 aromatic heterocycles. The number of hydrogen-bond donors (Lipinski definition) is 2. The summed E-state index contributed by atoms with van der Waals surface area (Å²) in [6.45, 7) is 1.87. The number of carbonyl (C=O) groups excluding carboxylic acids is 3. The van der Waals surface area contributed by atoms with Gasteiger partial charge in [0, 0.05) is 34.9 Å². The fourth-order valence-corrected chi connectivity index (χ4v) is 5.07. The summed E-state index contributed by atoms with van der Waals surface area (Å²) in [5.74, 6) is -1.05. The number of allylic oxidation sites excluding steroid dienone is 1. The zero-order chi connectivity index (χ0) is 28.4. The molecule has 206 valence electrons. The summed E-state index contributed by atoms with van der Waals surface area (Å²) < 4.78 is 34.7. The second-order valence-corrected chi connectivity index (χ2v) is 10.3. The molecule has 0 bridgehead atoms. The molecule has 0 aliphatic carbocycles. The highest BCUT2D eigenvalue weighted by Crippen LogP contribution is 2.34. The maximum absolute atomic E-state index is 14.5. The quantitative estimate of drug-likeness (QED) is 0.410. The third kappa shape index (κ3) is 5.84. The number of nitrogens with zero attached hydrogens (tertiary/aromatic N) is 2. The van der Waals surface area contributed by atoms with Crippen molar-refractivity contribution in [1.29, 1.82) is 0 Å². The van der Waals surface area contributed by atoms with Gasteiger partial charge in [-0.3, -0.25) is 14.5 Å². The Morgan fingerprint density at radius 3 is 2.52 bits per heavy atom. The van der Waals surface area contributed by atoms with Crippen LogP contribution >= 0.6 is 15.9 Å². The molecule has 2 aliphatic rings. The third-order valence-corrected chi connectivity index (χ3v) is 7.23. The number of hydrogen-bond acceptors (Lipinski definition) is 4. The molecule has 4 amide bonds. The van der Waals surface area contributed by atoms with Crippen molar-refractivity contribution in [3.63, 3.8) is 0 Å². The van der Waals surface area contributed by atoms with Gasteiger partial charge in [-0.25, -0.2) is 13.6 Å². The molecule has 3 aromatic rings. The van der Waals surface area contributed by atoms with Gasteiger partial charge in [0.15, 0.2) is 0 Å². The fraction of sp³-hybridized carbons (Fsp3) is 0.207. The van der Waals surface area contributed by atoms with Crippen molar-refractivity contribution in [2.75, 3.05) is 19.6 Å². The van der Waals surface area contributed by atoms with Gasteiger partial charge in [0.05, 0.1) is 24.7 Å². The Balaban J connectivity index is 1.49. The third-order valence-electron chi connectivity index (χ3n) is 6.74. The van der Waals surface area contributed by atoms with Crippen molar-refractivity contribution in [2.24, 2.45) is 0 Å². The smallest absolute Gasteiger partial charge is 0.322 e. The van der Waals surface area contributed by atoms with Crippen molar-refractivity contribution in [3.05, 3.63) is 105 Å². The minimum absolute atomic E-state index is 0.0903. The largest absolute Gasteiger partial charge is 0.457 e. The van der Waals surface area contributed by atoms with Gasteiger partial charge >= 0.3 is 6.03 Å². The zero-order valence-electron chi connectivity index (χ0n) is 21.4. The number of amides is 4. The minimum atomic E-state index is -0.834. The van der Waals surface area contributed by atoms with E-state index in [1.165, 1.54) is 15.9 Å². The van der Waals surface area contributed by atoms with E-state index < -0.39 is 29.6 Å². The second-order valence-electron chi connectivity index (χ2n) is 9.41. The van der Waals surface area contributed by atoms with Crippen LogP contribution in [-0.4, -0.2) is 47.3 Å². The highest BCUT2D eigenvalue weighted by molar-refractivity contribution is 9.10. The molecule has 40 heavy (non-hydrogen) atoms. The molecule has 1 fully saturated rings. The van der Waals surface area contributed by atoms with E-state index in [1.54, 1.807) is 31.2 Å². The van der Waals surface area contributed by atoms with Crippen LogP contribution in [0.5, 0.6) is 11.5 Å². The van der Waals surface area contributed by atoms with Crippen molar-refractivity contribution in [2.45, 2.75) is 19.5 Å². The number of piperazine rings is 1. The van der Waals surface area contributed by atoms with Crippen LogP contribution in [0.15, 0.2) is 82.5 Å². The molecule has 3 aromatic carbocycles. The number of rotatable bonds is 6. The lowest BCUT2D eigenvalue weighted by atomic mass is 9.93. The van der Waals surface area contributed by atoms with Crippen LogP contribution in [0.2, 0.25) is 0 Å². The fourth-order valence-electron chi connectivity index (χ4n) is 4.70. The molecular weight excluding hydrogens is 586 g/mol. The first-order valence-corrected chi connectivity index (χ1v) is 13.3. The van der Waals surface area contributed by atoms with E-state index in [-0.39, 0.29) is 30.1 Å². The lowest BCUT2D eigenvalue weighted by Gasteiger charge is -2.38. The number of ether oxygens (including phenoxy) is 1. The summed E-state index contributed by atoms with van der Waals surface area (Å²) in [6, 6.07) is 16.1. The van der Waals surface area contributed by atoms with Gasteiger partial charge in [0.25, 0.3) is 5.91 Å². The first-order chi connectivity index (χ1) is 19.2. The maximum atomic E-state index is 14.5. The standard InChI is InChI=1S/C29H25BrF2N4O4/c1-17-26(28(38)35-12-11-33-25(37)16-35)27(34-29(39)36(17)15-19-5-8-21(31)14-24(19)32)18-6-9-22(10-7-18)40-23-4-2-3-20(30)13-23/h2-10,13-14,27H,11-12,15-16H2,1H3,(H,33,37)(H,34,39). The van der Waals surface area contributed by atoms with E-state index in [9.17, 15) is 23.2 Å². The van der Waals surface area contributed by atoms with E-state index >= 15 is 0 Å². The normalized spacial score (nSPS) is 17.4. The van der Waals surface area contributed by atoms with Gasteiger partial charge in [-0.15, -0.1) is 0 Å². The Bertz CT molecular complexity index is 1510. The van der Waals surface area contributed by atoms with Gasteiger partial charge in [-0.05, 0) is 48.9 Å². The van der Waals surface area contributed by atoms with E-state index in [4.69, 9.17) is 4.74 Å². The van der Waals surface area contributed by atoms with Gasteiger partial charge in [0.2, 0.25) is 5.91 Å². The summed E-state index contributed by atoms with van der Waals surface area (Å²) in [6.07, 6.45) is 0. The molecule has 2 aliphatic heterocycles. The first-order valence-electron chi connectivity index (χ1n) is 12.5. The molecule has 2 N–H and O–H groups in total. The molecule has 1 unspecified atom stereocenters. The van der Waals surface area contributed by atoms with E-state index in [1.807, 2.05) is 24.3 Å². The van der Waals surface area contributed by atoms with Crippen LogP contribution in [0.3, 0.4) is 0 Å².